The van der Waals surface area contributed by atoms with Crippen LogP contribution in [-0.2, 0) is 10.0 Å². The van der Waals surface area contributed by atoms with Crippen LogP contribution >= 0.6 is 0 Å². The van der Waals surface area contributed by atoms with Gasteiger partial charge in [0.1, 0.15) is 0 Å². The van der Waals surface area contributed by atoms with Gasteiger partial charge in [0.15, 0.2) is 5.03 Å². The second-order valence-corrected chi connectivity index (χ2v) is 6.62. The number of aromatic carboxylic acids is 1. The highest BCUT2D eigenvalue weighted by molar-refractivity contribution is 7.89. The second kappa shape index (κ2) is 6.81. The highest BCUT2D eigenvalue weighted by atomic mass is 32.2. The molecule has 2 unspecified atom stereocenters. The van der Waals surface area contributed by atoms with Crippen molar-refractivity contribution in [3.05, 3.63) is 23.9 Å². The van der Waals surface area contributed by atoms with E-state index in [4.69, 9.17) is 5.11 Å². The van der Waals surface area contributed by atoms with Crippen LogP contribution in [0.1, 0.15) is 44.0 Å². The molecule has 112 valence electrons. The molecule has 1 aromatic rings. The van der Waals surface area contributed by atoms with Gasteiger partial charge in [-0.2, -0.15) is 0 Å². The summed E-state index contributed by atoms with van der Waals surface area (Å²) in [5, 5.41) is 8.58. The first-order chi connectivity index (χ1) is 9.26. The molecule has 2 atom stereocenters. The minimum Gasteiger partial charge on any atom is -0.478 e. The zero-order valence-electron chi connectivity index (χ0n) is 11.8. The largest absolute Gasteiger partial charge is 0.478 e. The van der Waals surface area contributed by atoms with Gasteiger partial charge in [0, 0.05) is 12.2 Å². The molecule has 7 heteroatoms. The molecule has 1 heterocycles. The van der Waals surface area contributed by atoms with Crippen molar-refractivity contribution < 1.29 is 18.3 Å². The minimum atomic E-state index is -3.71. The van der Waals surface area contributed by atoms with Crippen LogP contribution in [0.3, 0.4) is 0 Å². The number of sulfonamides is 1. The van der Waals surface area contributed by atoms with Gasteiger partial charge < -0.3 is 5.11 Å². The summed E-state index contributed by atoms with van der Waals surface area (Å²) < 4.78 is 26.7. The maximum Gasteiger partial charge on any atom is 0.337 e. The lowest BCUT2D eigenvalue weighted by atomic mass is 10.0. The zero-order valence-corrected chi connectivity index (χ0v) is 12.6. The third-order valence-corrected chi connectivity index (χ3v) is 4.57. The van der Waals surface area contributed by atoms with Crippen molar-refractivity contribution in [2.24, 2.45) is 5.92 Å². The molecule has 0 aromatic carbocycles. The number of carboxylic acids is 1. The Hall–Kier alpha value is -1.47. The van der Waals surface area contributed by atoms with Gasteiger partial charge in [0.05, 0.1) is 5.56 Å². The molecular weight excluding hydrogens is 280 g/mol. The summed E-state index contributed by atoms with van der Waals surface area (Å²) in [6.45, 7) is 5.91. The van der Waals surface area contributed by atoms with Gasteiger partial charge in [-0.25, -0.2) is 22.9 Å². The predicted molar refractivity (Wildman–Crippen MR) is 75.1 cm³/mol. The summed E-state index contributed by atoms with van der Waals surface area (Å²) in [6.07, 6.45) is 2.76. The average molecular weight is 300 g/mol. The lowest BCUT2D eigenvalue weighted by Gasteiger charge is -2.17. The van der Waals surface area contributed by atoms with E-state index >= 15 is 0 Å². The van der Waals surface area contributed by atoms with E-state index < -0.39 is 16.0 Å². The van der Waals surface area contributed by atoms with E-state index in [1.54, 1.807) is 6.92 Å². The van der Waals surface area contributed by atoms with Gasteiger partial charge in [-0.3, -0.25) is 0 Å². The maximum atomic E-state index is 12.1. The van der Waals surface area contributed by atoms with Crippen molar-refractivity contribution in [1.29, 1.82) is 0 Å². The number of nitrogens with zero attached hydrogens (tertiary/aromatic N) is 1. The Labute approximate surface area is 119 Å². The van der Waals surface area contributed by atoms with Crippen LogP contribution in [0.15, 0.2) is 23.4 Å². The molecule has 0 aliphatic heterocycles. The summed E-state index contributed by atoms with van der Waals surface area (Å²) in [5.74, 6) is -0.713. The molecule has 0 spiro atoms. The highest BCUT2D eigenvalue weighted by Crippen LogP contribution is 2.13. The lowest BCUT2D eigenvalue weighted by molar-refractivity contribution is 0.0696. The Bertz CT molecular complexity index is 554. The fourth-order valence-electron chi connectivity index (χ4n) is 1.81. The van der Waals surface area contributed by atoms with Gasteiger partial charge in [-0.05, 0) is 31.4 Å². The molecule has 0 radical (unpaired) electrons. The normalized spacial score (nSPS) is 14.8. The van der Waals surface area contributed by atoms with E-state index in [-0.39, 0.29) is 16.6 Å². The first kappa shape index (κ1) is 16.6. The van der Waals surface area contributed by atoms with Crippen molar-refractivity contribution in [2.75, 3.05) is 0 Å². The van der Waals surface area contributed by atoms with Gasteiger partial charge in [-0.1, -0.05) is 20.3 Å². The number of aromatic nitrogens is 1. The lowest BCUT2D eigenvalue weighted by Crippen LogP contribution is -2.34. The number of carbonyl (C=O) groups is 1. The standard InChI is InChI=1S/C13H20N2O4S/c1-4-9(2)7-10(3)15-20(18,19)12-6-5-11(8-14-12)13(16)17/h5-6,8-10,15H,4,7H2,1-3H3,(H,16,17). The molecular formula is C13H20N2O4S. The molecule has 0 aliphatic carbocycles. The Balaban J connectivity index is 2.80. The zero-order chi connectivity index (χ0) is 15.3. The Morgan fingerprint density at radius 2 is 2.05 bits per heavy atom. The van der Waals surface area contributed by atoms with Crippen LogP contribution in [0.4, 0.5) is 0 Å². The first-order valence-electron chi connectivity index (χ1n) is 6.48. The fraction of sp³-hybridized carbons (Fsp3) is 0.538. The summed E-state index contributed by atoms with van der Waals surface area (Å²) >= 11 is 0. The van der Waals surface area contributed by atoms with Gasteiger partial charge in [0.25, 0.3) is 10.0 Å². The van der Waals surface area contributed by atoms with Gasteiger partial charge in [0.2, 0.25) is 0 Å². The molecule has 0 aliphatic rings. The SMILES string of the molecule is CCC(C)CC(C)NS(=O)(=O)c1ccc(C(=O)O)cn1. The molecule has 1 rings (SSSR count). The van der Waals surface area contributed by atoms with Crippen molar-refractivity contribution >= 4 is 16.0 Å². The fourth-order valence-corrected chi connectivity index (χ4v) is 2.99. The third-order valence-electron chi connectivity index (χ3n) is 3.07. The number of hydrogen-bond donors (Lipinski definition) is 2. The predicted octanol–water partition coefficient (Wildman–Crippen LogP) is 1.88. The smallest absolute Gasteiger partial charge is 0.337 e. The molecule has 0 amide bonds. The number of rotatable bonds is 7. The second-order valence-electron chi connectivity index (χ2n) is 4.96. The Morgan fingerprint density at radius 1 is 1.40 bits per heavy atom. The number of pyridine rings is 1. The minimum absolute atomic E-state index is 0.0448. The molecule has 2 N–H and O–H groups in total. The summed E-state index contributed by atoms with van der Waals surface area (Å²) in [6, 6.07) is 2.22. The van der Waals surface area contributed by atoms with Crippen LogP contribution in [-0.4, -0.2) is 30.5 Å². The van der Waals surface area contributed by atoms with Crippen LogP contribution in [0.2, 0.25) is 0 Å². The molecule has 6 nitrogen and oxygen atoms in total. The topological polar surface area (TPSA) is 96.4 Å². The van der Waals surface area contributed by atoms with Crippen LogP contribution in [0.25, 0.3) is 0 Å². The number of nitrogens with one attached hydrogen (secondary N) is 1. The van der Waals surface area contributed by atoms with E-state index in [0.29, 0.717) is 5.92 Å². The summed E-state index contributed by atoms with van der Waals surface area (Å²) in [4.78, 5) is 14.4. The quantitative estimate of drug-likeness (QED) is 0.801. The van der Waals surface area contributed by atoms with Crippen LogP contribution < -0.4 is 4.72 Å². The van der Waals surface area contributed by atoms with Crippen molar-refractivity contribution in [1.82, 2.24) is 9.71 Å². The Kier molecular flexibility index (Phi) is 5.64. The van der Waals surface area contributed by atoms with E-state index in [0.717, 1.165) is 19.0 Å². The molecule has 1 aromatic heterocycles. The molecule has 20 heavy (non-hydrogen) atoms. The average Bonchev–Trinajstić information content (AvgIpc) is 2.37. The molecule has 0 saturated carbocycles. The van der Waals surface area contributed by atoms with E-state index in [1.165, 1.54) is 12.1 Å². The number of hydrogen-bond acceptors (Lipinski definition) is 4. The van der Waals surface area contributed by atoms with E-state index in [2.05, 4.69) is 23.6 Å². The van der Waals surface area contributed by atoms with E-state index in [1.807, 2.05) is 0 Å². The monoisotopic (exact) mass is 300 g/mol. The molecule has 0 bridgehead atoms. The van der Waals surface area contributed by atoms with Crippen molar-refractivity contribution in [3.63, 3.8) is 0 Å². The molecule has 0 saturated heterocycles. The number of carboxylic acid groups (broad SMARTS) is 1. The molecule has 0 fully saturated rings. The first-order valence-corrected chi connectivity index (χ1v) is 7.96. The van der Waals surface area contributed by atoms with Crippen LogP contribution in [0, 0.1) is 5.92 Å². The van der Waals surface area contributed by atoms with Crippen molar-refractivity contribution in [2.45, 2.75) is 44.7 Å². The van der Waals surface area contributed by atoms with Crippen LogP contribution in [0.5, 0.6) is 0 Å². The third kappa shape index (κ3) is 4.57. The Morgan fingerprint density at radius 3 is 2.50 bits per heavy atom. The van der Waals surface area contributed by atoms with Crippen molar-refractivity contribution in [3.8, 4) is 0 Å². The van der Waals surface area contributed by atoms with Gasteiger partial charge in [-0.15, -0.1) is 0 Å². The highest BCUT2D eigenvalue weighted by Gasteiger charge is 2.20. The van der Waals surface area contributed by atoms with Gasteiger partial charge >= 0.3 is 5.97 Å². The van der Waals surface area contributed by atoms with E-state index in [9.17, 15) is 13.2 Å². The summed E-state index contributed by atoms with van der Waals surface area (Å²) in [7, 11) is -3.71. The maximum absolute atomic E-state index is 12.1. The summed E-state index contributed by atoms with van der Waals surface area (Å²) in [5.41, 5.74) is -0.0448.